The normalized spacial score (nSPS) is 17.4. The zero-order valence-corrected chi connectivity index (χ0v) is 12.2. The molecule has 0 amide bonds. The molecule has 0 atom stereocenters. The number of fused-ring (bicyclic) bond motifs is 1. The van der Waals surface area contributed by atoms with E-state index in [4.69, 9.17) is 0 Å². The number of rotatable bonds is 4. The average molecular weight is 269 g/mol. The van der Waals surface area contributed by atoms with E-state index >= 15 is 0 Å². The lowest BCUT2D eigenvalue weighted by Crippen LogP contribution is -2.39. The summed E-state index contributed by atoms with van der Waals surface area (Å²) in [7, 11) is 0. The van der Waals surface area contributed by atoms with E-state index in [9.17, 15) is 0 Å². The summed E-state index contributed by atoms with van der Waals surface area (Å²) in [5.74, 6) is 0. The van der Waals surface area contributed by atoms with Gasteiger partial charge in [-0.1, -0.05) is 25.1 Å². The number of nitrogens with one attached hydrogen (secondary N) is 1. The molecular formula is C17H23N3. The molecular weight excluding hydrogens is 246 g/mol. The number of anilines is 1. The van der Waals surface area contributed by atoms with Gasteiger partial charge in [-0.3, -0.25) is 4.98 Å². The Kier molecular flexibility index (Phi) is 4.16. The van der Waals surface area contributed by atoms with Crippen molar-refractivity contribution in [2.45, 2.75) is 32.2 Å². The molecule has 2 aromatic rings. The Labute approximate surface area is 121 Å². The molecule has 106 valence electrons. The van der Waals surface area contributed by atoms with Crippen LogP contribution < -0.4 is 5.32 Å². The first-order chi connectivity index (χ1) is 9.86. The molecule has 0 unspecified atom stereocenters. The molecule has 1 aliphatic heterocycles. The predicted molar refractivity (Wildman–Crippen MR) is 85.1 cm³/mol. The maximum Gasteiger partial charge on any atom is 0.0722 e. The Hall–Kier alpha value is -1.61. The lowest BCUT2D eigenvalue weighted by Gasteiger charge is -2.32. The molecule has 0 spiro atoms. The van der Waals surface area contributed by atoms with Crippen molar-refractivity contribution in [3.05, 3.63) is 36.5 Å². The van der Waals surface area contributed by atoms with E-state index in [2.05, 4.69) is 46.4 Å². The first-order valence-electron chi connectivity index (χ1n) is 7.69. The van der Waals surface area contributed by atoms with Gasteiger partial charge in [-0.2, -0.15) is 0 Å². The highest BCUT2D eigenvalue weighted by Crippen LogP contribution is 2.24. The molecule has 3 rings (SSSR count). The minimum absolute atomic E-state index is 0.592. The molecule has 1 aliphatic rings. The van der Waals surface area contributed by atoms with E-state index in [-0.39, 0.29) is 0 Å². The Balaban J connectivity index is 1.68. The Morgan fingerprint density at radius 1 is 1.20 bits per heavy atom. The van der Waals surface area contributed by atoms with Gasteiger partial charge in [0.05, 0.1) is 5.52 Å². The summed E-state index contributed by atoms with van der Waals surface area (Å²) in [6, 6.07) is 11.0. The second kappa shape index (κ2) is 6.23. The summed E-state index contributed by atoms with van der Waals surface area (Å²) in [6.07, 6.45) is 5.62. The van der Waals surface area contributed by atoms with Crippen LogP contribution in [-0.4, -0.2) is 35.6 Å². The van der Waals surface area contributed by atoms with Gasteiger partial charge in [-0.05, 0) is 37.9 Å². The van der Waals surface area contributed by atoms with E-state index in [1.165, 1.54) is 50.0 Å². The van der Waals surface area contributed by atoms with Crippen LogP contribution in [0.1, 0.15) is 26.2 Å². The summed E-state index contributed by atoms with van der Waals surface area (Å²) >= 11 is 0. The highest BCUT2D eigenvalue weighted by atomic mass is 15.1. The Morgan fingerprint density at radius 3 is 2.80 bits per heavy atom. The van der Waals surface area contributed by atoms with Gasteiger partial charge in [0.15, 0.2) is 0 Å². The highest BCUT2D eigenvalue weighted by molar-refractivity contribution is 5.90. The van der Waals surface area contributed by atoms with Crippen LogP contribution in [0.2, 0.25) is 0 Å². The van der Waals surface area contributed by atoms with Crippen LogP contribution in [0, 0.1) is 0 Å². The van der Waals surface area contributed by atoms with Crippen molar-refractivity contribution in [1.82, 2.24) is 9.88 Å². The van der Waals surface area contributed by atoms with Crippen LogP contribution in [0.4, 0.5) is 5.69 Å². The van der Waals surface area contributed by atoms with Crippen molar-refractivity contribution in [3.8, 4) is 0 Å². The second-order valence-electron chi connectivity index (χ2n) is 5.64. The van der Waals surface area contributed by atoms with Crippen LogP contribution in [0.15, 0.2) is 36.5 Å². The van der Waals surface area contributed by atoms with Crippen LogP contribution in [0.5, 0.6) is 0 Å². The zero-order chi connectivity index (χ0) is 13.8. The minimum Gasteiger partial charge on any atom is -0.382 e. The molecule has 1 N–H and O–H groups in total. The molecule has 2 heterocycles. The van der Waals surface area contributed by atoms with Gasteiger partial charge in [-0.15, -0.1) is 0 Å². The molecule has 0 aliphatic carbocycles. The van der Waals surface area contributed by atoms with E-state index in [0.717, 1.165) is 5.52 Å². The molecule has 1 saturated heterocycles. The number of hydrogen-bond acceptors (Lipinski definition) is 3. The standard InChI is InChI=1S/C17H23N3/c1-2-11-20-12-8-14(9-13-20)19-17-7-10-18-16-6-4-3-5-15(16)17/h3-7,10,14H,2,8-9,11-13H2,1H3,(H,18,19). The van der Waals surface area contributed by atoms with Gasteiger partial charge in [0.25, 0.3) is 0 Å². The maximum atomic E-state index is 4.42. The lowest BCUT2D eigenvalue weighted by atomic mass is 10.0. The van der Waals surface area contributed by atoms with Crippen LogP contribution in [0.3, 0.4) is 0 Å². The van der Waals surface area contributed by atoms with E-state index in [1.54, 1.807) is 0 Å². The largest absolute Gasteiger partial charge is 0.382 e. The minimum atomic E-state index is 0.592. The fraction of sp³-hybridized carbons (Fsp3) is 0.471. The number of aromatic nitrogens is 1. The van der Waals surface area contributed by atoms with Crippen molar-refractivity contribution < 1.29 is 0 Å². The smallest absolute Gasteiger partial charge is 0.0722 e. The van der Waals surface area contributed by atoms with E-state index < -0.39 is 0 Å². The predicted octanol–water partition coefficient (Wildman–Crippen LogP) is 3.52. The van der Waals surface area contributed by atoms with Crippen molar-refractivity contribution in [1.29, 1.82) is 0 Å². The third-order valence-corrected chi connectivity index (χ3v) is 4.14. The summed E-state index contributed by atoms with van der Waals surface area (Å²) in [4.78, 5) is 7.00. The molecule has 20 heavy (non-hydrogen) atoms. The fourth-order valence-electron chi connectivity index (χ4n) is 3.06. The van der Waals surface area contributed by atoms with Crippen molar-refractivity contribution in [2.24, 2.45) is 0 Å². The van der Waals surface area contributed by atoms with Gasteiger partial charge in [0, 0.05) is 36.4 Å². The molecule has 0 radical (unpaired) electrons. The van der Waals surface area contributed by atoms with Crippen molar-refractivity contribution in [2.75, 3.05) is 25.0 Å². The zero-order valence-electron chi connectivity index (χ0n) is 12.2. The van der Waals surface area contributed by atoms with Crippen molar-refractivity contribution in [3.63, 3.8) is 0 Å². The molecule has 1 aromatic heterocycles. The quantitative estimate of drug-likeness (QED) is 0.920. The van der Waals surface area contributed by atoms with Gasteiger partial charge in [0.2, 0.25) is 0 Å². The number of piperidine rings is 1. The summed E-state index contributed by atoms with van der Waals surface area (Å²) in [5.41, 5.74) is 2.30. The summed E-state index contributed by atoms with van der Waals surface area (Å²) < 4.78 is 0. The number of likely N-dealkylation sites (tertiary alicyclic amines) is 1. The van der Waals surface area contributed by atoms with Gasteiger partial charge >= 0.3 is 0 Å². The summed E-state index contributed by atoms with van der Waals surface area (Å²) in [6.45, 7) is 5.93. The molecule has 3 heteroatoms. The highest BCUT2D eigenvalue weighted by Gasteiger charge is 2.18. The molecule has 1 fully saturated rings. The molecule has 3 nitrogen and oxygen atoms in total. The first-order valence-corrected chi connectivity index (χ1v) is 7.69. The van der Waals surface area contributed by atoms with Gasteiger partial charge < -0.3 is 10.2 Å². The molecule has 1 aromatic carbocycles. The van der Waals surface area contributed by atoms with E-state index in [0.29, 0.717) is 6.04 Å². The van der Waals surface area contributed by atoms with Gasteiger partial charge in [-0.25, -0.2) is 0 Å². The third-order valence-electron chi connectivity index (χ3n) is 4.14. The fourth-order valence-corrected chi connectivity index (χ4v) is 3.06. The monoisotopic (exact) mass is 269 g/mol. The Bertz CT molecular complexity index is 554. The maximum absolute atomic E-state index is 4.42. The third kappa shape index (κ3) is 2.93. The number of benzene rings is 1. The number of hydrogen-bond donors (Lipinski definition) is 1. The topological polar surface area (TPSA) is 28.2 Å². The van der Waals surface area contributed by atoms with Crippen LogP contribution >= 0.6 is 0 Å². The number of nitrogens with zero attached hydrogens (tertiary/aromatic N) is 2. The molecule has 0 saturated carbocycles. The summed E-state index contributed by atoms with van der Waals surface area (Å²) in [5, 5.41) is 4.95. The van der Waals surface area contributed by atoms with Crippen LogP contribution in [-0.2, 0) is 0 Å². The van der Waals surface area contributed by atoms with E-state index in [1.807, 2.05) is 12.3 Å². The lowest BCUT2D eigenvalue weighted by molar-refractivity contribution is 0.219. The Morgan fingerprint density at radius 2 is 2.00 bits per heavy atom. The first kappa shape index (κ1) is 13.4. The second-order valence-corrected chi connectivity index (χ2v) is 5.64. The van der Waals surface area contributed by atoms with Crippen LogP contribution in [0.25, 0.3) is 10.9 Å². The van der Waals surface area contributed by atoms with Crippen molar-refractivity contribution >= 4 is 16.6 Å². The SMILES string of the molecule is CCCN1CCC(Nc2ccnc3ccccc23)CC1. The van der Waals surface area contributed by atoms with Gasteiger partial charge in [0.1, 0.15) is 0 Å². The number of para-hydroxylation sites is 1. The number of pyridine rings is 1. The average Bonchev–Trinajstić information content (AvgIpc) is 2.50. The molecule has 0 bridgehead atoms.